The summed E-state index contributed by atoms with van der Waals surface area (Å²) in [4.78, 5) is 39.0. The van der Waals surface area contributed by atoms with Gasteiger partial charge in [0.15, 0.2) is 0 Å². The summed E-state index contributed by atoms with van der Waals surface area (Å²) in [5, 5.41) is 3.87. The van der Waals surface area contributed by atoms with Crippen LogP contribution < -0.4 is 16.4 Å². The number of carbonyl (C=O) groups excluding carboxylic acids is 1. The van der Waals surface area contributed by atoms with Gasteiger partial charge in [-0.3, -0.25) is 14.4 Å². The summed E-state index contributed by atoms with van der Waals surface area (Å²) in [7, 11) is 0. The molecule has 7 heteroatoms. The molecule has 0 spiro atoms. The van der Waals surface area contributed by atoms with Crippen molar-refractivity contribution in [3.63, 3.8) is 0 Å². The zero-order chi connectivity index (χ0) is 19.8. The molecule has 0 unspecified atom stereocenters. The number of fused-ring (bicyclic) bond motifs is 2. The molecule has 0 saturated carbocycles. The molecule has 0 saturated heterocycles. The molecule has 0 aliphatic rings. The first kappa shape index (κ1) is 17.8. The molecule has 2 N–H and O–H groups in total. The quantitative estimate of drug-likeness (QED) is 0.534. The molecule has 0 fully saturated rings. The summed E-state index contributed by atoms with van der Waals surface area (Å²) in [5.41, 5.74) is 0.851. The fraction of sp³-hybridized carbons (Fsp3) is 0.190. The number of nitrogens with one attached hydrogen (secondary N) is 2. The van der Waals surface area contributed by atoms with Crippen molar-refractivity contribution in [1.29, 1.82) is 0 Å². The first-order valence-electron chi connectivity index (χ1n) is 9.04. The van der Waals surface area contributed by atoms with Gasteiger partial charge in [0, 0.05) is 17.5 Å². The summed E-state index contributed by atoms with van der Waals surface area (Å²) in [6.07, 6.45) is 0. The predicted octanol–water partition coefficient (Wildman–Crippen LogP) is 2.95. The highest BCUT2D eigenvalue weighted by molar-refractivity contribution is 5.97. The molecule has 2 aromatic carbocycles. The summed E-state index contributed by atoms with van der Waals surface area (Å²) in [6, 6.07) is 14.1. The maximum Gasteiger partial charge on any atom is 0.316 e. The van der Waals surface area contributed by atoms with Gasteiger partial charge in [0.25, 0.3) is 5.91 Å². The van der Waals surface area contributed by atoms with Gasteiger partial charge in [-0.15, -0.1) is 0 Å². The van der Waals surface area contributed by atoms with E-state index in [4.69, 9.17) is 4.42 Å². The average Bonchev–Trinajstić information content (AvgIpc) is 3.13. The lowest BCUT2D eigenvalue weighted by Crippen LogP contribution is -2.36. The van der Waals surface area contributed by atoms with E-state index in [1.807, 2.05) is 37.3 Å². The number of benzene rings is 2. The number of amides is 1. The van der Waals surface area contributed by atoms with Crippen molar-refractivity contribution in [2.24, 2.45) is 0 Å². The van der Waals surface area contributed by atoms with E-state index in [1.54, 1.807) is 25.1 Å². The Hall–Kier alpha value is -3.61. The number of aryl methyl sites for hydroxylation is 1. The molecule has 4 aromatic rings. The van der Waals surface area contributed by atoms with E-state index in [9.17, 15) is 14.4 Å². The van der Waals surface area contributed by atoms with Crippen molar-refractivity contribution in [2.45, 2.75) is 26.4 Å². The van der Waals surface area contributed by atoms with Crippen LogP contribution in [0.3, 0.4) is 0 Å². The van der Waals surface area contributed by atoms with Crippen molar-refractivity contribution in [3.05, 3.63) is 80.6 Å². The number of hydrogen-bond acceptors (Lipinski definition) is 4. The molecule has 0 radical (unpaired) electrons. The molecule has 1 atom stereocenters. The second-order valence-corrected chi connectivity index (χ2v) is 6.62. The second-order valence-electron chi connectivity index (χ2n) is 6.62. The molecule has 0 aliphatic heterocycles. The van der Waals surface area contributed by atoms with Gasteiger partial charge in [-0.25, -0.2) is 0 Å². The Morgan fingerprint density at radius 1 is 1.18 bits per heavy atom. The monoisotopic (exact) mass is 377 g/mol. The zero-order valence-electron chi connectivity index (χ0n) is 15.5. The Kier molecular flexibility index (Phi) is 4.35. The Bertz CT molecular complexity index is 1280. The molecule has 2 heterocycles. The van der Waals surface area contributed by atoms with Gasteiger partial charge in [0.05, 0.1) is 17.1 Å². The van der Waals surface area contributed by atoms with Crippen molar-refractivity contribution in [3.8, 4) is 0 Å². The maximum atomic E-state index is 12.7. The molecule has 2 aromatic heterocycles. The van der Waals surface area contributed by atoms with Crippen LogP contribution >= 0.6 is 0 Å². The Morgan fingerprint density at radius 2 is 1.96 bits per heavy atom. The first-order valence-corrected chi connectivity index (χ1v) is 9.04. The maximum absolute atomic E-state index is 12.7. The highest BCUT2D eigenvalue weighted by atomic mass is 16.3. The Balaban J connectivity index is 1.64. The van der Waals surface area contributed by atoms with E-state index < -0.39 is 11.1 Å². The van der Waals surface area contributed by atoms with Crippen molar-refractivity contribution in [1.82, 2.24) is 14.9 Å². The van der Waals surface area contributed by atoms with Gasteiger partial charge in [-0.1, -0.05) is 18.2 Å². The van der Waals surface area contributed by atoms with E-state index in [1.165, 1.54) is 4.57 Å². The minimum Gasteiger partial charge on any atom is -0.459 e. The van der Waals surface area contributed by atoms with Gasteiger partial charge < -0.3 is 19.3 Å². The summed E-state index contributed by atoms with van der Waals surface area (Å²) in [6.45, 7) is 4.00. The lowest BCUT2D eigenvalue weighted by molar-refractivity contribution is 0.0936. The molecular formula is C21H19N3O4. The van der Waals surface area contributed by atoms with Gasteiger partial charge in [-0.2, -0.15) is 0 Å². The van der Waals surface area contributed by atoms with Crippen LogP contribution in [0.5, 0.6) is 0 Å². The minimum atomic E-state index is -0.706. The topological polar surface area (TPSA) is 97.1 Å². The van der Waals surface area contributed by atoms with Gasteiger partial charge in [0.2, 0.25) is 0 Å². The van der Waals surface area contributed by atoms with E-state index in [-0.39, 0.29) is 11.9 Å². The lowest BCUT2D eigenvalue weighted by atomic mass is 10.1. The third kappa shape index (κ3) is 3.00. The molecule has 0 aliphatic carbocycles. The molecule has 0 bridgehead atoms. The van der Waals surface area contributed by atoms with Gasteiger partial charge >= 0.3 is 11.1 Å². The number of hydrogen-bond donors (Lipinski definition) is 2. The third-order valence-electron chi connectivity index (χ3n) is 4.77. The number of para-hydroxylation sites is 1. The van der Waals surface area contributed by atoms with Crippen LogP contribution in [0, 0.1) is 0 Å². The van der Waals surface area contributed by atoms with Gasteiger partial charge in [-0.05, 0) is 44.2 Å². The minimum absolute atomic E-state index is 0.301. The number of H-pyrrole nitrogens is 1. The van der Waals surface area contributed by atoms with Crippen LogP contribution in [0.1, 0.15) is 36.0 Å². The second kappa shape index (κ2) is 6.84. The standard InChI is InChI=1S/C21H19N3O4/c1-3-24-16-9-8-14(10-15(16)23-20(26)21(24)27)19(25)22-12(2)18-11-13-6-4-5-7-17(13)28-18/h4-12H,3H2,1-2H3,(H,22,25)(H,23,26)/t12-/m1/s1. The predicted molar refractivity (Wildman–Crippen MR) is 107 cm³/mol. The van der Waals surface area contributed by atoms with Crippen molar-refractivity contribution < 1.29 is 9.21 Å². The number of aromatic nitrogens is 2. The Morgan fingerprint density at radius 3 is 2.71 bits per heavy atom. The average molecular weight is 377 g/mol. The first-order chi connectivity index (χ1) is 13.5. The molecule has 1 amide bonds. The number of carbonyl (C=O) groups is 1. The summed E-state index contributed by atoms with van der Waals surface area (Å²) < 4.78 is 7.18. The van der Waals surface area contributed by atoms with E-state index >= 15 is 0 Å². The van der Waals surface area contributed by atoms with Crippen molar-refractivity contribution in [2.75, 3.05) is 0 Å². The normalized spacial score (nSPS) is 12.4. The van der Waals surface area contributed by atoms with Crippen LogP contribution in [-0.4, -0.2) is 15.5 Å². The van der Waals surface area contributed by atoms with Crippen LogP contribution in [0.2, 0.25) is 0 Å². The highest BCUT2D eigenvalue weighted by Gasteiger charge is 2.16. The summed E-state index contributed by atoms with van der Waals surface area (Å²) >= 11 is 0. The molecular weight excluding hydrogens is 358 g/mol. The molecule has 4 rings (SSSR count). The fourth-order valence-corrected chi connectivity index (χ4v) is 3.30. The molecule has 142 valence electrons. The van der Waals surface area contributed by atoms with Crippen LogP contribution in [0.25, 0.3) is 22.0 Å². The van der Waals surface area contributed by atoms with Crippen LogP contribution in [0.4, 0.5) is 0 Å². The smallest absolute Gasteiger partial charge is 0.316 e. The summed E-state index contributed by atoms with van der Waals surface area (Å²) in [5.74, 6) is 0.355. The van der Waals surface area contributed by atoms with Crippen molar-refractivity contribution >= 4 is 27.9 Å². The lowest BCUT2D eigenvalue weighted by Gasteiger charge is -2.12. The number of furan rings is 1. The Labute approximate surface area is 159 Å². The SMILES string of the molecule is CCn1c(=O)c(=O)[nH]c2cc(C(=O)N[C@H](C)c3cc4ccccc4o3)ccc21. The van der Waals surface area contributed by atoms with E-state index in [0.29, 0.717) is 28.9 Å². The largest absolute Gasteiger partial charge is 0.459 e. The number of aromatic amines is 1. The molecule has 7 nitrogen and oxygen atoms in total. The number of rotatable bonds is 4. The van der Waals surface area contributed by atoms with Crippen LogP contribution in [0.15, 0.2) is 62.5 Å². The van der Waals surface area contributed by atoms with E-state index in [0.717, 1.165) is 11.0 Å². The fourth-order valence-electron chi connectivity index (χ4n) is 3.30. The van der Waals surface area contributed by atoms with E-state index in [2.05, 4.69) is 10.3 Å². The third-order valence-corrected chi connectivity index (χ3v) is 4.77. The molecule has 28 heavy (non-hydrogen) atoms. The number of nitrogens with zero attached hydrogens (tertiary/aromatic N) is 1. The highest BCUT2D eigenvalue weighted by Crippen LogP contribution is 2.24. The van der Waals surface area contributed by atoms with Gasteiger partial charge in [0.1, 0.15) is 11.3 Å². The van der Waals surface area contributed by atoms with Crippen LogP contribution in [-0.2, 0) is 6.54 Å². The zero-order valence-corrected chi connectivity index (χ0v) is 15.5.